The maximum atomic E-state index is 13.7. The van der Waals surface area contributed by atoms with Crippen molar-refractivity contribution >= 4 is 11.9 Å². The fraction of sp³-hybridized carbons (Fsp3) is 0.786. The third-order valence-corrected chi connectivity index (χ3v) is 10.1. The fourth-order valence-corrected chi connectivity index (χ4v) is 8.69. The zero-order chi connectivity index (χ0) is 23.6. The molecule has 0 saturated heterocycles. The van der Waals surface area contributed by atoms with E-state index in [2.05, 4.69) is 52.5 Å². The van der Waals surface area contributed by atoms with Gasteiger partial charge < -0.3 is 10.0 Å². The van der Waals surface area contributed by atoms with E-state index in [0.717, 1.165) is 44.1 Å². The van der Waals surface area contributed by atoms with E-state index >= 15 is 0 Å². The maximum absolute atomic E-state index is 13.7. The second-order valence-electron chi connectivity index (χ2n) is 12.2. The van der Waals surface area contributed by atoms with Gasteiger partial charge in [-0.2, -0.15) is 0 Å². The predicted octanol–water partition coefficient (Wildman–Crippen LogP) is 6.22. The number of allylic oxidation sites excluding steroid dienone is 3. The average Bonchev–Trinajstić information content (AvgIpc) is 3.04. The summed E-state index contributed by atoms with van der Waals surface area (Å²) in [5, 5.41) is 9.66. The summed E-state index contributed by atoms with van der Waals surface area (Å²) in [5.41, 5.74) is 3.11. The SMILES string of the molecule is CC1=C(C(=O)O)CC[C@@]2(C)C1=CC[C@H]1[C@@H]3CC[C@H](C(=O)N(C(C)C)C(C)C)[C@@]3(C)CC[C@@H]12. The molecule has 0 bridgehead atoms. The topological polar surface area (TPSA) is 57.6 Å². The number of fused-ring (bicyclic) bond motifs is 5. The molecule has 178 valence electrons. The Bertz CT molecular complexity index is 860. The Morgan fingerprint density at radius 3 is 2.28 bits per heavy atom. The van der Waals surface area contributed by atoms with E-state index in [4.69, 9.17) is 0 Å². The Morgan fingerprint density at radius 1 is 1.03 bits per heavy atom. The van der Waals surface area contributed by atoms with Gasteiger partial charge in [-0.15, -0.1) is 0 Å². The van der Waals surface area contributed by atoms with Crippen LogP contribution in [0.3, 0.4) is 0 Å². The lowest BCUT2D eigenvalue weighted by atomic mass is 9.47. The van der Waals surface area contributed by atoms with E-state index < -0.39 is 5.97 Å². The minimum absolute atomic E-state index is 0.0806. The molecule has 0 radical (unpaired) electrons. The van der Waals surface area contributed by atoms with Crippen LogP contribution in [0.15, 0.2) is 22.8 Å². The number of carbonyl (C=O) groups excluding carboxylic acids is 1. The Morgan fingerprint density at radius 2 is 1.69 bits per heavy atom. The maximum Gasteiger partial charge on any atom is 0.331 e. The molecule has 4 heteroatoms. The van der Waals surface area contributed by atoms with Crippen LogP contribution < -0.4 is 0 Å². The molecule has 1 amide bonds. The van der Waals surface area contributed by atoms with Gasteiger partial charge in [0, 0.05) is 23.6 Å². The average molecular weight is 442 g/mol. The number of hydrogen-bond acceptors (Lipinski definition) is 2. The van der Waals surface area contributed by atoms with Gasteiger partial charge in [0.2, 0.25) is 5.91 Å². The molecule has 0 spiro atoms. The largest absolute Gasteiger partial charge is 0.478 e. The lowest BCUT2D eigenvalue weighted by molar-refractivity contribution is -0.146. The van der Waals surface area contributed by atoms with Gasteiger partial charge in [0.15, 0.2) is 0 Å². The van der Waals surface area contributed by atoms with E-state index in [1.54, 1.807) is 0 Å². The van der Waals surface area contributed by atoms with Crippen molar-refractivity contribution in [1.29, 1.82) is 0 Å². The number of hydrogen-bond donors (Lipinski definition) is 1. The fourth-order valence-electron chi connectivity index (χ4n) is 8.69. The summed E-state index contributed by atoms with van der Waals surface area (Å²) >= 11 is 0. The van der Waals surface area contributed by atoms with Crippen molar-refractivity contribution in [2.24, 2.45) is 34.5 Å². The molecule has 0 aromatic carbocycles. The van der Waals surface area contributed by atoms with Crippen LogP contribution in [0.2, 0.25) is 0 Å². The van der Waals surface area contributed by atoms with E-state index in [1.165, 1.54) is 5.57 Å². The zero-order valence-corrected chi connectivity index (χ0v) is 21.2. The smallest absolute Gasteiger partial charge is 0.331 e. The van der Waals surface area contributed by atoms with Crippen molar-refractivity contribution in [2.45, 2.75) is 105 Å². The van der Waals surface area contributed by atoms with Crippen molar-refractivity contribution in [2.75, 3.05) is 0 Å². The lowest BCUT2D eigenvalue weighted by Crippen LogP contribution is -2.53. The predicted molar refractivity (Wildman–Crippen MR) is 128 cm³/mol. The van der Waals surface area contributed by atoms with Gasteiger partial charge >= 0.3 is 5.97 Å². The van der Waals surface area contributed by atoms with Gasteiger partial charge in [-0.3, -0.25) is 4.79 Å². The molecular formula is C28H43NO3. The summed E-state index contributed by atoms with van der Waals surface area (Å²) in [6.45, 7) is 15.4. The van der Waals surface area contributed by atoms with Crippen molar-refractivity contribution < 1.29 is 14.7 Å². The number of carbonyl (C=O) groups is 2. The van der Waals surface area contributed by atoms with E-state index in [-0.39, 0.29) is 28.8 Å². The van der Waals surface area contributed by atoms with Gasteiger partial charge in [-0.25, -0.2) is 4.79 Å². The van der Waals surface area contributed by atoms with Crippen LogP contribution in [0.25, 0.3) is 0 Å². The molecule has 4 nitrogen and oxygen atoms in total. The van der Waals surface area contributed by atoms with Crippen LogP contribution >= 0.6 is 0 Å². The molecular weight excluding hydrogens is 398 g/mol. The summed E-state index contributed by atoms with van der Waals surface area (Å²) in [6.07, 6.45) is 9.51. The molecule has 0 unspecified atom stereocenters. The van der Waals surface area contributed by atoms with E-state index in [9.17, 15) is 14.7 Å². The second-order valence-corrected chi connectivity index (χ2v) is 12.2. The molecule has 0 aliphatic heterocycles. The number of carboxylic acid groups (broad SMARTS) is 1. The van der Waals surface area contributed by atoms with Crippen LogP contribution in [0.1, 0.15) is 93.4 Å². The summed E-state index contributed by atoms with van der Waals surface area (Å²) in [6, 6.07) is 0.474. The standard InChI is InChI=1S/C28H43NO3/c1-16(2)29(17(3)4)25(30)24-11-10-22-20-8-9-21-18(5)19(26(31)32)12-14-27(21,6)23(20)13-15-28(22,24)7/h9,16-17,20,22-24H,8,10-15H2,1-7H3,(H,31,32)/t20-,22-,23-,24+,27-,28-/m0/s1. The summed E-state index contributed by atoms with van der Waals surface area (Å²) in [7, 11) is 0. The molecule has 0 aromatic heterocycles. The summed E-state index contributed by atoms with van der Waals surface area (Å²) in [4.78, 5) is 27.6. The summed E-state index contributed by atoms with van der Waals surface area (Å²) in [5.74, 6) is 1.58. The number of nitrogens with zero attached hydrogens (tertiary/aromatic N) is 1. The Hall–Kier alpha value is -1.58. The van der Waals surface area contributed by atoms with Crippen LogP contribution in [-0.2, 0) is 9.59 Å². The summed E-state index contributed by atoms with van der Waals surface area (Å²) < 4.78 is 0. The number of rotatable bonds is 4. The first-order valence-electron chi connectivity index (χ1n) is 12.9. The highest BCUT2D eigenvalue weighted by Gasteiger charge is 2.60. The second kappa shape index (κ2) is 8.02. The molecule has 2 fully saturated rings. The Balaban J connectivity index is 1.64. The van der Waals surface area contributed by atoms with Crippen LogP contribution in [0, 0.1) is 34.5 Å². The Kier molecular flexibility index (Phi) is 5.91. The van der Waals surface area contributed by atoms with Crippen molar-refractivity contribution in [3.63, 3.8) is 0 Å². The molecule has 6 atom stereocenters. The minimum Gasteiger partial charge on any atom is -0.478 e. The highest BCUT2D eigenvalue weighted by molar-refractivity contribution is 5.89. The third kappa shape index (κ3) is 3.30. The normalized spacial score (nSPS) is 38.8. The van der Waals surface area contributed by atoms with Crippen LogP contribution in [-0.4, -0.2) is 34.0 Å². The third-order valence-electron chi connectivity index (χ3n) is 10.1. The number of carboxylic acids is 1. The minimum atomic E-state index is -0.749. The van der Waals surface area contributed by atoms with E-state index in [1.807, 2.05) is 6.92 Å². The van der Waals surface area contributed by atoms with Crippen LogP contribution in [0.4, 0.5) is 0 Å². The molecule has 4 rings (SSSR count). The van der Waals surface area contributed by atoms with Crippen molar-refractivity contribution in [3.8, 4) is 0 Å². The first-order valence-corrected chi connectivity index (χ1v) is 12.9. The zero-order valence-electron chi connectivity index (χ0n) is 21.2. The van der Waals surface area contributed by atoms with Gasteiger partial charge in [0.05, 0.1) is 0 Å². The van der Waals surface area contributed by atoms with E-state index in [0.29, 0.717) is 35.7 Å². The first kappa shape index (κ1) is 23.6. The molecule has 4 aliphatic carbocycles. The van der Waals surface area contributed by atoms with Crippen molar-refractivity contribution in [1.82, 2.24) is 4.90 Å². The van der Waals surface area contributed by atoms with Gasteiger partial charge in [0.25, 0.3) is 0 Å². The first-order chi connectivity index (χ1) is 14.9. The lowest BCUT2D eigenvalue weighted by Gasteiger charge is -2.57. The monoisotopic (exact) mass is 441 g/mol. The highest BCUT2D eigenvalue weighted by atomic mass is 16.4. The molecule has 1 N–H and O–H groups in total. The molecule has 0 heterocycles. The Labute approximate surface area is 194 Å². The van der Waals surface area contributed by atoms with Gasteiger partial charge in [-0.05, 0) is 119 Å². The van der Waals surface area contributed by atoms with Gasteiger partial charge in [-0.1, -0.05) is 19.9 Å². The molecule has 32 heavy (non-hydrogen) atoms. The number of amides is 1. The molecule has 0 aromatic rings. The number of aliphatic carboxylic acids is 1. The quantitative estimate of drug-likeness (QED) is 0.563. The highest BCUT2D eigenvalue weighted by Crippen LogP contribution is 2.66. The molecule has 2 saturated carbocycles. The molecule has 4 aliphatic rings. The van der Waals surface area contributed by atoms with Crippen LogP contribution in [0.5, 0.6) is 0 Å². The van der Waals surface area contributed by atoms with Crippen molar-refractivity contribution in [3.05, 3.63) is 22.8 Å². The van der Waals surface area contributed by atoms with Gasteiger partial charge in [0.1, 0.15) is 0 Å².